The van der Waals surface area contributed by atoms with E-state index in [0.717, 1.165) is 9.87 Å². The highest BCUT2D eigenvalue weighted by Gasteiger charge is 2.34. The highest BCUT2D eigenvalue weighted by molar-refractivity contribution is 7.92. The lowest BCUT2D eigenvalue weighted by atomic mass is 10.0. The molecule has 9 nitrogen and oxygen atoms in total. The molecule has 0 radical (unpaired) electrons. The van der Waals surface area contributed by atoms with E-state index < -0.39 is 28.5 Å². The Hall–Kier alpha value is -4.54. The Kier molecular flexibility index (Phi) is 11.5. The molecule has 0 fully saturated rings. The number of nitrogens with zero attached hydrogens (tertiary/aromatic N) is 2. The summed E-state index contributed by atoms with van der Waals surface area (Å²) in [6.45, 7) is 1.61. The molecule has 0 bridgehead atoms. The van der Waals surface area contributed by atoms with Gasteiger partial charge in [0.25, 0.3) is 10.0 Å². The van der Waals surface area contributed by atoms with E-state index in [2.05, 4.69) is 5.32 Å². The standard InChI is InChI=1S/C34H36ClN3O6S/c1-4-36-34(40)32(22-25-9-6-5-7-10-25)37(23-26-11-8-12-30(21-26)44-3)33(39)24-38(28-15-13-27(35)14-16-28)45(41,42)31-19-17-29(43-2)18-20-31/h5-21,32H,4,22-24H2,1-3H3,(H,36,40)/t32-/m1/s1. The van der Waals surface area contributed by atoms with Crippen LogP contribution in [0.4, 0.5) is 5.69 Å². The molecule has 236 valence electrons. The average molecular weight is 650 g/mol. The normalized spacial score (nSPS) is 11.7. The minimum atomic E-state index is -4.25. The molecule has 4 aromatic rings. The number of benzene rings is 4. The molecule has 0 heterocycles. The first-order valence-electron chi connectivity index (χ1n) is 14.3. The molecule has 0 aliphatic heterocycles. The largest absolute Gasteiger partial charge is 0.497 e. The van der Waals surface area contributed by atoms with Gasteiger partial charge in [-0.05, 0) is 78.7 Å². The molecule has 0 spiro atoms. The second-order valence-corrected chi connectivity index (χ2v) is 12.4. The number of anilines is 1. The first kappa shape index (κ1) is 33.4. The van der Waals surface area contributed by atoms with Crippen molar-refractivity contribution in [3.63, 3.8) is 0 Å². The molecule has 1 N–H and O–H groups in total. The highest BCUT2D eigenvalue weighted by atomic mass is 35.5. The second kappa shape index (κ2) is 15.5. The van der Waals surface area contributed by atoms with Crippen LogP contribution in [0.1, 0.15) is 18.1 Å². The van der Waals surface area contributed by atoms with Gasteiger partial charge in [0.1, 0.15) is 24.1 Å². The molecule has 0 aromatic heterocycles. The van der Waals surface area contributed by atoms with Crippen LogP contribution in [0.3, 0.4) is 0 Å². The summed E-state index contributed by atoms with van der Waals surface area (Å²) in [7, 11) is -1.22. The maximum Gasteiger partial charge on any atom is 0.264 e. The minimum Gasteiger partial charge on any atom is -0.497 e. The summed E-state index contributed by atoms with van der Waals surface area (Å²) < 4.78 is 39.8. The number of halogens is 1. The van der Waals surface area contributed by atoms with Gasteiger partial charge >= 0.3 is 0 Å². The maximum atomic E-state index is 14.4. The van der Waals surface area contributed by atoms with E-state index in [-0.39, 0.29) is 29.5 Å². The van der Waals surface area contributed by atoms with E-state index in [1.807, 2.05) is 36.4 Å². The molecule has 0 aliphatic rings. The third kappa shape index (κ3) is 8.55. The van der Waals surface area contributed by atoms with Crippen molar-refractivity contribution in [2.24, 2.45) is 0 Å². The predicted molar refractivity (Wildman–Crippen MR) is 175 cm³/mol. The van der Waals surface area contributed by atoms with Gasteiger partial charge in [-0.15, -0.1) is 0 Å². The molecular formula is C34H36ClN3O6S. The van der Waals surface area contributed by atoms with Crippen LogP contribution in [0.5, 0.6) is 11.5 Å². The van der Waals surface area contributed by atoms with E-state index in [1.165, 1.54) is 48.4 Å². The van der Waals surface area contributed by atoms with Gasteiger partial charge in [0, 0.05) is 24.5 Å². The second-order valence-electron chi connectivity index (χ2n) is 10.1. The summed E-state index contributed by atoms with van der Waals surface area (Å²) in [6.07, 6.45) is 0.217. The van der Waals surface area contributed by atoms with Crippen molar-refractivity contribution >= 4 is 39.1 Å². The zero-order valence-electron chi connectivity index (χ0n) is 25.4. The van der Waals surface area contributed by atoms with Crippen molar-refractivity contribution in [3.8, 4) is 11.5 Å². The average Bonchev–Trinajstić information content (AvgIpc) is 3.06. The number of carbonyl (C=O) groups is 2. The minimum absolute atomic E-state index is 0.0295. The topological polar surface area (TPSA) is 105 Å². The SMILES string of the molecule is CCNC(=O)[C@@H](Cc1ccccc1)N(Cc1cccc(OC)c1)C(=O)CN(c1ccc(Cl)cc1)S(=O)(=O)c1ccc(OC)cc1. The maximum absolute atomic E-state index is 14.4. The van der Waals surface area contributed by atoms with Gasteiger partial charge in [-0.2, -0.15) is 0 Å². The first-order chi connectivity index (χ1) is 21.7. The van der Waals surface area contributed by atoms with Gasteiger partial charge in [0.2, 0.25) is 11.8 Å². The lowest BCUT2D eigenvalue weighted by Crippen LogP contribution is -2.53. The van der Waals surface area contributed by atoms with Crippen LogP contribution in [0.2, 0.25) is 5.02 Å². The van der Waals surface area contributed by atoms with Gasteiger partial charge in [-0.1, -0.05) is 54.1 Å². The van der Waals surface area contributed by atoms with Crippen molar-refractivity contribution in [2.45, 2.75) is 30.8 Å². The number of sulfonamides is 1. The van der Waals surface area contributed by atoms with Crippen LogP contribution >= 0.6 is 11.6 Å². The number of rotatable bonds is 14. The van der Waals surface area contributed by atoms with Gasteiger partial charge in [0.05, 0.1) is 24.8 Å². The molecule has 4 aromatic carbocycles. The fraction of sp³-hybridized carbons (Fsp3) is 0.235. The molecule has 0 unspecified atom stereocenters. The number of nitrogens with one attached hydrogen (secondary N) is 1. The molecular weight excluding hydrogens is 614 g/mol. The van der Waals surface area contributed by atoms with Crippen molar-refractivity contribution in [1.29, 1.82) is 0 Å². The van der Waals surface area contributed by atoms with Crippen LogP contribution in [0, 0.1) is 0 Å². The zero-order valence-corrected chi connectivity index (χ0v) is 26.9. The Labute approximate surface area is 269 Å². The van der Waals surface area contributed by atoms with E-state index in [0.29, 0.717) is 28.6 Å². The van der Waals surface area contributed by atoms with E-state index in [9.17, 15) is 18.0 Å². The molecule has 0 saturated carbocycles. The third-order valence-corrected chi connectivity index (χ3v) is 9.19. The Bertz CT molecular complexity index is 1680. The van der Waals surface area contributed by atoms with Crippen LogP contribution in [-0.4, -0.2) is 58.5 Å². The predicted octanol–water partition coefficient (Wildman–Crippen LogP) is 5.33. The summed E-state index contributed by atoms with van der Waals surface area (Å²) in [5.41, 5.74) is 1.79. The Morgan fingerprint density at radius 3 is 2.09 bits per heavy atom. The van der Waals surface area contributed by atoms with Gasteiger partial charge in [0.15, 0.2) is 0 Å². The Morgan fingerprint density at radius 1 is 0.822 bits per heavy atom. The van der Waals surface area contributed by atoms with Gasteiger partial charge < -0.3 is 19.7 Å². The Morgan fingerprint density at radius 2 is 1.47 bits per heavy atom. The van der Waals surface area contributed by atoms with E-state index in [4.69, 9.17) is 21.1 Å². The van der Waals surface area contributed by atoms with Crippen molar-refractivity contribution in [1.82, 2.24) is 10.2 Å². The van der Waals surface area contributed by atoms with E-state index in [1.54, 1.807) is 44.4 Å². The summed E-state index contributed by atoms with van der Waals surface area (Å²) in [6, 6.07) is 27.7. The molecule has 1 atom stereocenters. The summed E-state index contributed by atoms with van der Waals surface area (Å²) in [4.78, 5) is 29.4. The lowest BCUT2D eigenvalue weighted by molar-refractivity contribution is -0.140. The zero-order chi connectivity index (χ0) is 32.4. The van der Waals surface area contributed by atoms with Crippen molar-refractivity contribution in [2.75, 3.05) is 31.6 Å². The van der Waals surface area contributed by atoms with Crippen LogP contribution in [0.15, 0.2) is 108 Å². The summed E-state index contributed by atoms with van der Waals surface area (Å²) in [5, 5.41) is 3.26. The monoisotopic (exact) mass is 649 g/mol. The number of methoxy groups -OCH3 is 2. The summed E-state index contributed by atoms with van der Waals surface area (Å²) >= 11 is 6.12. The van der Waals surface area contributed by atoms with Crippen LogP contribution in [-0.2, 0) is 32.6 Å². The molecule has 2 amide bonds. The number of hydrogen-bond acceptors (Lipinski definition) is 6. The van der Waals surface area contributed by atoms with E-state index >= 15 is 0 Å². The first-order valence-corrected chi connectivity index (χ1v) is 16.1. The Balaban J connectivity index is 1.80. The molecule has 0 aliphatic carbocycles. The number of ether oxygens (including phenoxy) is 2. The van der Waals surface area contributed by atoms with Crippen LogP contribution < -0.4 is 19.1 Å². The fourth-order valence-electron chi connectivity index (χ4n) is 4.82. The molecule has 11 heteroatoms. The summed E-state index contributed by atoms with van der Waals surface area (Å²) in [5.74, 6) is 0.145. The molecule has 45 heavy (non-hydrogen) atoms. The number of hydrogen-bond donors (Lipinski definition) is 1. The molecule has 0 saturated heterocycles. The smallest absolute Gasteiger partial charge is 0.264 e. The molecule has 4 rings (SSSR count). The van der Waals surface area contributed by atoms with Crippen molar-refractivity contribution < 1.29 is 27.5 Å². The quantitative estimate of drug-likeness (QED) is 0.198. The number of carbonyl (C=O) groups excluding carboxylic acids is 2. The van der Waals surface area contributed by atoms with Gasteiger partial charge in [-0.25, -0.2) is 8.42 Å². The number of amides is 2. The number of likely N-dealkylation sites (N-methyl/N-ethyl adjacent to an activating group) is 1. The fourth-order valence-corrected chi connectivity index (χ4v) is 6.36. The lowest BCUT2D eigenvalue weighted by Gasteiger charge is -2.34. The highest BCUT2D eigenvalue weighted by Crippen LogP contribution is 2.27. The van der Waals surface area contributed by atoms with Gasteiger partial charge in [-0.3, -0.25) is 13.9 Å². The van der Waals surface area contributed by atoms with Crippen LogP contribution in [0.25, 0.3) is 0 Å². The third-order valence-electron chi connectivity index (χ3n) is 7.15. The van der Waals surface area contributed by atoms with Crippen molar-refractivity contribution in [3.05, 3.63) is 119 Å².